The van der Waals surface area contributed by atoms with Crippen molar-refractivity contribution < 1.29 is 4.79 Å². The van der Waals surface area contributed by atoms with E-state index >= 15 is 0 Å². The Morgan fingerprint density at radius 1 is 1.60 bits per heavy atom. The van der Waals surface area contributed by atoms with Crippen LogP contribution in [0, 0.1) is 6.92 Å². The maximum Gasteiger partial charge on any atom is 0.242 e. The number of hydrogen-bond acceptors (Lipinski definition) is 3. The van der Waals surface area contributed by atoms with Crippen LogP contribution in [0.15, 0.2) is 6.07 Å². The summed E-state index contributed by atoms with van der Waals surface area (Å²) in [4.78, 5) is 11.7. The molecule has 1 aromatic heterocycles. The maximum atomic E-state index is 11.7. The normalized spacial score (nSPS) is 21.3. The average Bonchev–Trinajstić information content (AvgIpc) is 2.65. The van der Waals surface area contributed by atoms with Gasteiger partial charge in [0.1, 0.15) is 0 Å². The van der Waals surface area contributed by atoms with Crippen LogP contribution in [0.3, 0.4) is 0 Å². The number of aromatic nitrogens is 2. The van der Waals surface area contributed by atoms with Crippen molar-refractivity contribution in [1.82, 2.24) is 15.5 Å². The minimum Gasteiger partial charge on any atom is -0.308 e. The van der Waals surface area contributed by atoms with Gasteiger partial charge in [-0.25, -0.2) is 0 Å². The minimum atomic E-state index is -0.0595. The van der Waals surface area contributed by atoms with Gasteiger partial charge in [0.05, 0.1) is 6.04 Å². The van der Waals surface area contributed by atoms with Gasteiger partial charge in [-0.05, 0) is 26.3 Å². The second kappa shape index (κ2) is 4.44. The van der Waals surface area contributed by atoms with Crippen LogP contribution in [0.4, 0.5) is 5.82 Å². The highest BCUT2D eigenvalue weighted by atomic mass is 16.2. The zero-order valence-corrected chi connectivity index (χ0v) is 8.84. The fourth-order valence-corrected chi connectivity index (χ4v) is 1.77. The molecule has 3 N–H and O–H groups in total. The topological polar surface area (TPSA) is 69.8 Å². The van der Waals surface area contributed by atoms with Gasteiger partial charge in [-0.15, -0.1) is 0 Å². The molecule has 0 saturated carbocycles. The molecule has 0 aromatic carbocycles. The Morgan fingerprint density at radius 3 is 3.07 bits per heavy atom. The van der Waals surface area contributed by atoms with Crippen molar-refractivity contribution in [2.24, 2.45) is 0 Å². The largest absolute Gasteiger partial charge is 0.308 e. The summed E-state index contributed by atoms with van der Waals surface area (Å²) in [5.41, 5.74) is 0.946. The van der Waals surface area contributed by atoms with E-state index in [0.717, 1.165) is 31.5 Å². The van der Waals surface area contributed by atoms with Crippen molar-refractivity contribution in [2.75, 3.05) is 11.9 Å². The number of rotatable bonds is 2. The van der Waals surface area contributed by atoms with Gasteiger partial charge >= 0.3 is 0 Å². The fourth-order valence-electron chi connectivity index (χ4n) is 1.77. The van der Waals surface area contributed by atoms with Gasteiger partial charge in [0.15, 0.2) is 5.82 Å². The summed E-state index contributed by atoms with van der Waals surface area (Å²) >= 11 is 0. The second-order valence-corrected chi connectivity index (χ2v) is 3.93. The molecule has 1 unspecified atom stereocenters. The van der Waals surface area contributed by atoms with Crippen LogP contribution in [-0.2, 0) is 4.79 Å². The first-order valence-electron chi connectivity index (χ1n) is 5.32. The third-order valence-corrected chi connectivity index (χ3v) is 2.58. The standard InChI is InChI=1S/C10H16N4O/c1-7-6-9(14-13-7)12-10(15)8-4-2-3-5-11-8/h6,8,11H,2-5H2,1H3,(H2,12,13,14,15). The van der Waals surface area contributed by atoms with E-state index in [9.17, 15) is 4.79 Å². The SMILES string of the molecule is Cc1cc(NC(=O)C2CCCCN2)n[nH]1. The van der Waals surface area contributed by atoms with E-state index in [1.807, 2.05) is 13.0 Å². The monoisotopic (exact) mass is 208 g/mol. The molecule has 0 spiro atoms. The summed E-state index contributed by atoms with van der Waals surface area (Å²) < 4.78 is 0. The molecule has 15 heavy (non-hydrogen) atoms. The lowest BCUT2D eigenvalue weighted by atomic mass is 10.0. The number of hydrogen-bond donors (Lipinski definition) is 3. The third-order valence-electron chi connectivity index (χ3n) is 2.58. The number of amides is 1. The molecule has 5 heteroatoms. The van der Waals surface area contributed by atoms with Gasteiger partial charge < -0.3 is 10.6 Å². The fraction of sp³-hybridized carbons (Fsp3) is 0.600. The summed E-state index contributed by atoms with van der Waals surface area (Å²) in [5.74, 6) is 0.617. The Hall–Kier alpha value is -1.36. The van der Waals surface area contributed by atoms with Crippen molar-refractivity contribution >= 4 is 11.7 Å². The van der Waals surface area contributed by atoms with Crippen molar-refractivity contribution in [3.05, 3.63) is 11.8 Å². The lowest BCUT2D eigenvalue weighted by Gasteiger charge is -2.21. The molecule has 2 heterocycles. The van der Waals surface area contributed by atoms with Crippen LogP contribution in [0.2, 0.25) is 0 Å². The summed E-state index contributed by atoms with van der Waals surface area (Å²) in [6.45, 7) is 2.83. The summed E-state index contributed by atoms with van der Waals surface area (Å²) in [5, 5.41) is 12.7. The van der Waals surface area contributed by atoms with Crippen LogP contribution in [0.5, 0.6) is 0 Å². The molecule has 1 saturated heterocycles. The lowest BCUT2D eigenvalue weighted by Crippen LogP contribution is -2.43. The Labute approximate surface area is 88.6 Å². The van der Waals surface area contributed by atoms with Crippen molar-refractivity contribution in [3.8, 4) is 0 Å². The van der Waals surface area contributed by atoms with E-state index < -0.39 is 0 Å². The highest BCUT2D eigenvalue weighted by Gasteiger charge is 2.20. The quantitative estimate of drug-likeness (QED) is 0.673. The summed E-state index contributed by atoms with van der Waals surface area (Å²) in [6, 6.07) is 1.76. The predicted octanol–water partition coefficient (Wildman–Crippen LogP) is 0.799. The molecule has 2 rings (SSSR count). The smallest absolute Gasteiger partial charge is 0.242 e. The Bertz CT molecular complexity index is 341. The molecular weight excluding hydrogens is 192 g/mol. The van der Waals surface area contributed by atoms with Gasteiger partial charge in [-0.1, -0.05) is 6.42 Å². The minimum absolute atomic E-state index is 0.0150. The third kappa shape index (κ3) is 2.56. The van der Waals surface area contributed by atoms with E-state index in [0.29, 0.717) is 5.82 Å². The molecule has 1 atom stereocenters. The maximum absolute atomic E-state index is 11.7. The molecule has 1 aliphatic heterocycles. The summed E-state index contributed by atoms with van der Waals surface area (Å²) in [7, 11) is 0. The van der Waals surface area contributed by atoms with Crippen molar-refractivity contribution in [1.29, 1.82) is 0 Å². The highest BCUT2D eigenvalue weighted by Crippen LogP contribution is 2.10. The first kappa shape index (κ1) is 10.2. The molecule has 1 aromatic rings. The Kier molecular flexibility index (Phi) is 3.01. The van der Waals surface area contributed by atoms with E-state index in [1.54, 1.807) is 0 Å². The van der Waals surface area contributed by atoms with E-state index in [-0.39, 0.29) is 11.9 Å². The van der Waals surface area contributed by atoms with E-state index in [4.69, 9.17) is 0 Å². The molecule has 0 aliphatic carbocycles. The first-order chi connectivity index (χ1) is 7.25. The molecule has 1 amide bonds. The van der Waals surface area contributed by atoms with Crippen LogP contribution in [0.25, 0.3) is 0 Å². The van der Waals surface area contributed by atoms with Crippen LogP contribution < -0.4 is 10.6 Å². The molecule has 0 bridgehead atoms. The van der Waals surface area contributed by atoms with Gasteiger partial charge in [-0.2, -0.15) is 5.10 Å². The molecule has 1 aliphatic rings. The summed E-state index contributed by atoms with van der Waals surface area (Å²) in [6.07, 6.45) is 3.19. The number of nitrogens with zero attached hydrogens (tertiary/aromatic N) is 1. The van der Waals surface area contributed by atoms with E-state index in [1.165, 1.54) is 0 Å². The number of carbonyl (C=O) groups excluding carboxylic acids is 1. The molecule has 1 fully saturated rings. The molecular formula is C10H16N4O. The van der Waals surface area contributed by atoms with Crippen LogP contribution in [-0.4, -0.2) is 28.7 Å². The lowest BCUT2D eigenvalue weighted by molar-refractivity contribution is -0.118. The van der Waals surface area contributed by atoms with Gasteiger partial charge in [0.25, 0.3) is 0 Å². The Balaban J connectivity index is 1.91. The number of anilines is 1. The predicted molar refractivity (Wildman–Crippen MR) is 57.6 cm³/mol. The van der Waals surface area contributed by atoms with Gasteiger partial charge in [-0.3, -0.25) is 9.89 Å². The highest BCUT2D eigenvalue weighted by molar-refractivity contribution is 5.94. The van der Waals surface area contributed by atoms with Crippen LogP contribution >= 0.6 is 0 Å². The molecule has 0 radical (unpaired) electrons. The van der Waals surface area contributed by atoms with E-state index in [2.05, 4.69) is 20.8 Å². The zero-order valence-electron chi connectivity index (χ0n) is 8.84. The van der Waals surface area contributed by atoms with Gasteiger partial charge in [0.2, 0.25) is 5.91 Å². The number of H-pyrrole nitrogens is 1. The van der Waals surface area contributed by atoms with Crippen molar-refractivity contribution in [3.63, 3.8) is 0 Å². The number of aromatic amines is 1. The average molecular weight is 208 g/mol. The number of nitrogens with one attached hydrogen (secondary N) is 3. The molecule has 82 valence electrons. The Morgan fingerprint density at radius 2 is 2.47 bits per heavy atom. The first-order valence-corrected chi connectivity index (χ1v) is 5.32. The van der Waals surface area contributed by atoms with Crippen molar-refractivity contribution in [2.45, 2.75) is 32.2 Å². The number of aryl methyl sites for hydroxylation is 1. The zero-order chi connectivity index (χ0) is 10.7. The molecule has 5 nitrogen and oxygen atoms in total. The van der Waals surface area contributed by atoms with Gasteiger partial charge in [0, 0.05) is 11.8 Å². The number of carbonyl (C=O) groups is 1. The second-order valence-electron chi connectivity index (χ2n) is 3.93. The number of piperidine rings is 1. The van der Waals surface area contributed by atoms with Crippen LogP contribution in [0.1, 0.15) is 25.0 Å².